The summed E-state index contributed by atoms with van der Waals surface area (Å²) in [6.45, 7) is 6.14. The van der Waals surface area contributed by atoms with Crippen LogP contribution in [0.3, 0.4) is 0 Å². The molecular formula is C29H24B3NO. The minimum absolute atomic E-state index is 0.0521. The Morgan fingerprint density at radius 2 is 1.35 bits per heavy atom. The first kappa shape index (κ1) is 23.6. The van der Waals surface area contributed by atoms with Crippen LogP contribution in [0.25, 0.3) is 33.6 Å². The van der Waals surface area contributed by atoms with Gasteiger partial charge in [0.15, 0.2) is 0 Å². The summed E-state index contributed by atoms with van der Waals surface area (Å²) in [5.74, 6) is -0.0521. The van der Waals surface area contributed by atoms with Gasteiger partial charge in [0.2, 0.25) is 0 Å². The van der Waals surface area contributed by atoms with Gasteiger partial charge in [0.25, 0.3) is 0 Å². The smallest absolute Gasteiger partial charge is 0.132 e. The van der Waals surface area contributed by atoms with Crippen LogP contribution in [0.5, 0.6) is 5.75 Å². The minimum Gasteiger partial charge on any atom is -0.506 e. The molecule has 2 nitrogen and oxygen atoms in total. The third-order valence-corrected chi connectivity index (χ3v) is 6.06. The van der Waals surface area contributed by atoms with Crippen molar-refractivity contribution < 1.29 is 5.11 Å². The summed E-state index contributed by atoms with van der Waals surface area (Å²) in [6, 6.07) is 24.2. The fourth-order valence-corrected chi connectivity index (χ4v) is 4.32. The number of fused-ring (bicyclic) bond motifs is 3. The van der Waals surface area contributed by atoms with E-state index in [1.165, 1.54) is 5.56 Å². The zero-order chi connectivity index (χ0) is 24.4. The van der Waals surface area contributed by atoms with Gasteiger partial charge in [-0.3, -0.25) is 0 Å². The second-order valence-electron chi connectivity index (χ2n) is 8.31. The summed E-state index contributed by atoms with van der Waals surface area (Å²) >= 11 is 0. The molecule has 0 aliphatic rings. The molecule has 1 heterocycles. The molecule has 1 aromatic heterocycles. The predicted octanol–water partition coefficient (Wildman–Crippen LogP) is 4.21. The van der Waals surface area contributed by atoms with Crippen LogP contribution in [0, 0.1) is 13.8 Å². The molecule has 0 bridgehead atoms. The number of phenolic OH excluding ortho intramolecular Hbond substituents is 1. The summed E-state index contributed by atoms with van der Waals surface area (Å²) in [5.41, 5.74) is 6.66. The van der Waals surface area contributed by atoms with Crippen molar-refractivity contribution >= 4 is 67.8 Å². The molecule has 0 atom stereocenters. The highest BCUT2D eigenvalue weighted by Gasteiger charge is 2.21. The number of hydrogen-bond acceptors (Lipinski definition) is 1. The molecule has 5 aromatic rings. The Balaban J connectivity index is 0.000000336. The van der Waals surface area contributed by atoms with Crippen molar-refractivity contribution in [3.05, 3.63) is 95.6 Å². The van der Waals surface area contributed by atoms with Gasteiger partial charge in [-0.2, -0.15) is 0 Å². The molecular weight excluding hydrogens is 411 g/mol. The van der Waals surface area contributed by atoms with Gasteiger partial charge in [0, 0.05) is 16.5 Å². The topological polar surface area (TPSA) is 25.2 Å². The summed E-state index contributed by atoms with van der Waals surface area (Å²) in [7, 11) is 18.5. The number of aromatic hydroxyl groups is 1. The fourth-order valence-electron chi connectivity index (χ4n) is 4.32. The van der Waals surface area contributed by atoms with E-state index in [2.05, 4.69) is 38.1 Å². The van der Waals surface area contributed by atoms with Gasteiger partial charge in [0.1, 0.15) is 29.3 Å². The van der Waals surface area contributed by atoms with E-state index in [-0.39, 0.29) is 16.7 Å². The number of benzene rings is 4. The molecule has 1 N–H and O–H groups in total. The van der Waals surface area contributed by atoms with Crippen molar-refractivity contribution in [1.29, 1.82) is 0 Å². The van der Waals surface area contributed by atoms with Crippen LogP contribution in [0.1, 0.15) is 23.6 Å². The molecule has 34 heavy (non-hydrogen) atoms. The van der Waals surface area contributed by atoms with Gasteiger partial charge in [-0.1, -0.05) is 89.3 Å². The monoisotopic (exact) mass is 435 g/mol. The maximum atomic E-state index is 10.9. The van der Waals surface area contributed by atoms with Crippen LogP contribution < -0.4 is 16.4 Å². The number of rotatable bonds is 2. The van der Waals surface area contributed by atoms with Gasteiger partial charge >= 0.3 is 0 Å². The van der Waals surface area contributed by atoms with E-state index < -0.39 is 0 Å². The van der Waals surface area contributed by atoms with Crippen LogP contribution >= 0.6 is 0 Å². The van der Waals surface area contributed by atoms with E-state index in [0.717, 1.165) is 27.7 Å². The third-order valence-electron chi connectivity index (χ3n) is 6.06. The second kappa shape index (κ2) is 9.73. The lowest BCUT2D eigenvalue weighted by molar-refractivity contribution is 0.484. The Labute approximate surface area is 205 Å². The van der Waals surface area contributed by atoms with Gasteiger partial charge < -0.3 is 9.67 Å². The van der Waals surface area contributed by atoms with Crippen LogP contribution in [0.15, 0.2) is 78.9 Å². The van der Waals surface area contributed by atoms with E-state index >= 15 is 0 Å². The highest BCUT2D eigenvalue weighted by Crippen LogP contribution is 2.37. The normalized spacial score (nSPS) is 11.1. The molecule has 160 valence electrons. The lowest BCUT2D eigenvalue weighted by atomic mass is 9.70. The van der Waals surface area contributed by atoms with Crippen molar-refractivity contribution in [1.82, 2.24) is 4.57 Å². The number of para-hydroxylation sites is 1. The fraction of sp³-hybridized carbons (Fsp3) is 0.103. The molecule has 6 radical (unpaired) electrons. The van der Waals surface area contributed by atoms with E-state index in [9.17, 15) is 5.11 Å². The molecule has 0 aliphatic carbocycles. The maximum Gasteiger partial charge on any atom is 0.132 e. The van der Waals surface area contributed by atoms with E-state index in [4.69, 9.17) is 23.5 Å². The zero-order valence-electron chi connectivity index (χ0n) is 19.7. The molecule has 0 amide bonds. The van der Waals surface area contributed by atoms with Crippen molar-refractivity contribution in [3.8, 4) is 11.4 Å². The number of allylic oxidation sites excluding steroid dienone is 1. The van der Waals surface area contributed by atoms with Crippen molar-refractivity contribution in [2.75, 3.05) is 0 Å². The second-order valence-corrected chi connectivity index (χ2v) is 8.31. The minimum atomic E-state index is -0.0521. The Bertz CT molecular complexity index is 1500. The van der Waals surface area contributed by atoms with Gasteiger partial charge in [-0.25, -0.2) is 0 Å². The van der Waals surface area contributed by atoms with Gasteiger partial charge in [0.05, 0.1) is 11.0 Å². The Kier molecular flexibility index (Phi) is 6.74. The number of hydrogen-bond donors (Lipinski definition) is 1. The number of phenols is 1. The first-order valence-electron chi connectivity index (χ1n) is 11.2. The molecule has 5 heteroatoms. The average Bonchev–Trinajstić information content (AvgIpc) is 3.21. The SMILES string of the molecule is Cc1ccccc1.[B]c1c([B])c(O)c2c(c1[B])c1ccc(/C=C\C)c(C)c1n2-c1ccccc1. The largest absolute Gasteiger partial charge is 0.506 e. The first-order valence-corrected chi connectivity index (χ1v) is 11.2. The van der Waals surface area contributed by atoms with Crippen molar-refractivity contribution in [2.24, 2.45) is 0 Å². The lowest BCUT2D eigenvalue weighted by Crippen LogP contribution is -2.39. The Morgan fingerprint density at radius 3 is 1.91 bits per heavy atom. The zero-order valence-corrected chi connectivity index (χ0v) is 19.7. The van der Waals surface area contributed by atoms with Crippen LogP contribution in [0.4, 0.5) is 0 Å². The van der Waals surface area contributed by atoms with Crippen molar-refractivity contribution in [3.63, 3.8) is 0 Å². The summed E-state index contributed by atoms with van der Waals surface area (Å²) in [6.07, 6.45) is 4.07. The molecule has 0 spiro atoms. The molecule has 0 saturated carbocycles. The molecule has 0 saturated heterocycles. The summed E-state index contributed by atoms with van der Waals surface area (Å²) in [5, 5.41) is 12.5. The van der Waals surface area contributed by atoms with Crippen LogP contribution in [-0.4, -0.2) is 33.2 Å². The van der Waals surface area contributed by atoms with E-state index in [1.54, 1.807) is 0 Å². The predicted molar refractivity (Wildman–Crippen MR) is 149 cm³/mol. The molecule has 5 rings (SSSR count). The number of aryl methyl sites for hydroxylation is 2. The third kappa shape index (κ3) is 4.07. The van der Waals surface area contributed by atoms with Crippen LogP contribution in [0.2, 0.25) is 0 Å². The first-order chi connectivity index (χ1) is 16.4. The lowest BCUT2D eigenvalue weighted by Gasteiger charge is -2.15. The van der Waals surface area contributed by atoms with Crippen molar-refractivity contribution in [2.45, 2.75) is 20.8 Å². The maximum absolute atomic E-state index is 10.9. The van der Waals surface area contributed by atoms with E-state index in [0.29, 0.717) is 16.4 Å². The van der Waals surface area contributed by atoms with Crippen LogP contribution in [-0.2, 0) is 0 Å². The summed E-state index contributed by atoms with van der Waals surface area (Å²) in [4.78, 5) is 0. The number of aromatic nitrogens is 1. The summed E-state index contributed by atoms with van der Waals surface area (Å²) < 4.78 is 2.01. The standard InChI is InChI=1S/C22H16B3NO.C7H8/c1-3-7-13-10-11-15-16-17(23)18(24)19(25)22(27)21(16)26(20(15)12(13)2)14-8-5-4-6-9-14;1-7-5-3-2-4-6-7/h3-11,27H,1-2H3;2-6H,1H3/b7-3-;. The number of nitrogens with zero attached hydrogens (tertiary/aromatic N) is 1. The quantitative estimate of drug-likeness (QED) is 0.414. The van der Waals surface area contributed by atoms with Gasteiger partial charge in [-0.15, -0.1) is 5.46 Å². The molecule has 4 aromatic carbocycles. The average molecular weight is 435 g/mol. The molecule has 0 fully saturated rings. The van der Waals surface area contributed by atoms with E-state index in [1.807, 2.05) is 72.2 Å². The Hall–Kier alpha value is -3.59. The molecule has 0 aliphatic heterocycles. The molecule has 0 unspecified atom stereocenters. The Morgan fingerprint density at radius 1 is 0.735 bits per heavy atom. The van der Waals surface area contributed by atoms with Gasteiger partial charge in [-0.05, 0) is 44.0 Å². The highest BCUT2D eigenvalue weighted by atomic mass is 16.3. The highest BCUT2D eigenvalue weighted by molar-refractivity contribution is 6.62.